The van der Waals surface area contributed by atoms with E-state index in [2.05, 4.69) is 29.8 Å². The number of carbonyl (C=O) groups excluding carboxylic acids is 1. The predicted molar refractivity (Wildman–Crippen MR) is 81.4 cm³/mol. The SMILES string of the molecule is CC1CCC(C#N)(NC(=O)CCCc2cccs2)CC1. The maximum Gasteiger partial charge on any atom is 0.221 e. The summed E-state index contributed by atoms with van der Waals surface area (Å²) in [4.78, 5) is 13.3. The zero-order valence-electron chi connectivity index (χ0n) is 12.0. The van der Waals surface area contributed by atoms with Gasteiger partial charge in [0.1, 0.15) is 5.54 Å². The molecule has 108 valence electrons. The summed E-state index contributed by atoms with van der Waals surface area (Å²) >= 11 is 1.73. The van der Waals surface area contributed by atoms with Crippen molar-refractivity contribution < 1.29 is 4.79 Å². The molecule has 0 aliphatic heterocycles. The Hall–Kier alpha value is -1.34. The molecule has 0 radical (unpaired) electrons. The van der Waals surface area contributed by atoms with E-state index in [1.165, 1.54) is 4.88 Å². The normalized spacial score (nSPS) is 25.9. The standard InChI is InChI=1S/C16H22N2OS/c1-13-7-9-16(12-17,10-8-13)18-15(19)6-2-4-14-5-3-11-20-14/h3,5,11,13H,2,4,6-10H2,1H3,(H,18,19). The fourth-order valence-electron chi connectivity index (χ4n) is 2.73. The van der Waals surface area contributed by atoms with Crippen LogP contribution in [0.2, 0.25) is 0 Å². The van der Waals surface area contributed by atoms with Crippen LogP contribution < -0.4 is 5.32 Å². The molecule has 4 heteroatoms. The highest BCUT2D eigenvalue weighted by Gasteiger charge is 2.35. The van der Waals surface area contributed by atoms with Crippen LogP contribution in [0.3, 0.4) is 0 Å². The molecule has 0 atom stereocenters. The maximum atomic E-state index is 12.0. The molecule has 2 rings (SSSR count). The lowest BCUT2D eigenvalue weighted by Gasteiger charge is -2.34. The van der Waals surface area contributed by atoms with Crippen LogP contribution >= 0.6 is 11.3 Å². The van der Waals surface area contributed by atoms with Crippen LogP contribution in [0.5, 0.6) is 0 Å². The van der Waals surface area contributed by atoms with Gasteiger partial charge in [0, 0.05) is 11.3 Å². The number of hydrogen-bond acceptors (Lipinski definition) is 3. The molecule has 1 fully saturated rings. The average molecular weight is 290 g/mol. The lowest BCUT2D eigenvalue weighted by molar-refractivity contribution is -0.122. The molecule has 1 aromatic heterocycles. The number of aryl methyl sites for hydroxylation is 1. The second-order valence-corrected chi connectivity index (χ2v) is 6.89. The van der Waals surface area contributed by atoms with Gasteiger partial charge in [-0.05, 0) is 55.9 Å². The molecule has 1 aromatic rings. The van der Waals surface area contributed by atoms with Crippen molar-refractivity contribution in [1.82, 2.24) is 5.32 Å². The van der Waals surface area contributed by atoms with Gasteiger partial charge in [0.05, 0.1) is 6.07 Å². The van der Waals surface area contributed by atoms with Crippen LogP contribution in [0.15, 0.2) is 17.5 Å². The third kappa shape index (κ3) is 4.08. The van der Waals surface area contributed by atoms with Crippen molar-refractivity contribution in [3.05, 3.63) is 22.4 Å². The van der Waals surface area contributed by atoms with Crippen LogP contribution in [0.1, 0.15) is 50.3 Å². The van der Waals surface area contributed by atoms with Gasteiger partial charge < -0.3 is 5.32 Å². The molecule has 0 spiro atoms. The van der Waals surface area contributed by atoms with E-state index in [9.17, 15) is 10.1 Å². The van der Waals surface area contributed by atoms with Crippen LogP contribution in [0, 0.1) is 17.2 Å². The Balaban J connectivity index is 1.76. The Kier molecular flexibility index (Phi) is 5.19. The zero-order chi connectivity index (χ0) is 14.4. The van der Waals surface area contributed by atoms with Gasteiger partial charge in [-0.1, -0.05) is 13.0 Å². The summed E-state index contributed by atoms with van der Waals surface area (Å²) in [6, 6.07) is 6.48. The minimum absolute atomic E-state index is 0.0256. The van der Waals surface area contributed by atoms with Crippen molar-refractivity contribution in [2.75, 3.05) is 0 Å². The quantitative estimate of drug-likeness (QED) is 0.899. The first-order valence-corrected chi connectivity index (χ1v) is 8.26. The first kappa shape index (κ1) is 15.1. The van der Waals surface area contributed by atoms with E-state index in [1.807, 2.05) is 6.07 Å². The highest BCUT2D eigenvalue weighted by molar-refractivity contribution is 7.09. The third-order valence-electron chi connectivity index (χ3n) is 4.13. The highest BCUT2D eigenvalue weighted by atomic mass is 32.1. The molecule has 1 saturated carbocycles. The van der Waals surface area contributed by atoms with Crippen molar-refractivity contribution in [3.8, 4) is 6.07 Å². The summed E-state index contributed by atoms with van der Waals surface area (Å²) in [6.07, 6.45) is 5.96. The lowest BCUT2D eigenvalue weighted by atomic mass is 9.78. The van der Waals surface area contributed by atoms with Crippen LogP contribution in [0.4, 0.5) is 0 Å². The summed E-state index contributed by atoms with van der Waals surface area (Å²) in [5.41, 5.74) is -0.605. The average Bonchev–Trinajstić information content (AvgIpc) is 2.95. The van der Waals surface area contributed by atoms with Gasteiger partial charge >= 0.3 is 0 Å². The number of nitriles is 1. The van der Waals surface area contributed by atoms with Gasteiger partial charge in [0.25, 0.3) is 0 Å². The predicted octanol–water partition coefficient (Wildman–Crippen LogP) is 3.66. The summed E-state index contributed by atoms with van der Waals surface area (Å²) in [5, 5.41) is 14.4. The van der Waals surface area contributed by atoms with Gasteiger partial charge in [-0.15, -0.1) is 11.3 Å². The molecule has 1 heterocycles. The molecule has 0 aromatic carbocycles. The second kappa shape index (κ2) is 6.90. The smallest absolute Gasteiger partial charge is 0.221 e. The van der Waals surface area contributed by atoms with E-state index in [0.717, 1.165) is 38.5 Å². The van der Waals surface area contributed by atoms with Crippen molar-refractivity contribution in [2.24, 2.45) is 5.92 Å². The molecule has 1 N–H and O–H groups in total. The Morgan fingerprint density at radius 2 is 2.30 bits per heavy atom. The van der Waals surface area contributed by atoms with Gasteiger partial charge in [-0.2, -0.15) is 5.26 Å². The number of rotatable bonds is 5. The van der Waals surface area contributed by atoms with Crippen molar-refractivity contribution in [2.45, 2.75) is 57.4 Å². The van der Waals surface area contributed by atoms with Gasteiger partial charge in [-0.25, -0.2) is 0 Å². The second-order valence-electron chi connectivity index (χ2n) is 5.86. The highest BCUT2D eigenvalue weighted by Crippen LogP contribution is 2.31. The van der Waals surface area contributed by atoms with E-state index in [1.54, 1.807) is 11.3 Å². The molecule has 0 saturated heterocycles. The molecular weight excluding hydrogens is 268 g/mol. The van der Waals surface area contributed by atoms with Gasteiger partial charge in [0.2, 0.25) is 5.91 Å². The molecule has 0 bridgehead atoms. The lowest BCUT2D eigenvalue weighted by Crippen LogP contribution is -2.49. The molecule has 1 aliphatic carbocycles. The topological polar surface area (TPSA) is 52.9 Å². The molecule has 1 amide bonds. The summed E-state index contributed by atoms with van der Waals surface area (Å²) in [6.45, 7) is 2.21. The van der Waals surface area contributed by atoms with E-state index in [0.29, 0.717) is 12.3 Å². The molecule has 1 aliphatic rings. The summed E-state index contributed by atoms with van der Waals surface area (Å²) < 4.78 is 0. The van der Waals surface area contributed by atoms with E-state index in [4.69, 9.17) is 0 Å². The number of nitrogens with one attached hydrogen (secondary N) is 1. The summed E-state index contributed by atoms with van der Waals surface area (Å²) in [7, 11) is 0. The number of thiophene rings is 1. The number of nitrogens with zero attached hydrogens (tertiary/aromatic N) is 1. The first-order valence-electron chi connectivity index (χ1n) is 7.38. The molecular formula is C16H22N2OS. The minimum Gasteiger partial charge on any atom is -0.338 e. The Labute approximate surface area is 125 Å². The third-order valence-corrected chi connectivity index (χ3v) is 5.06. The van der Waals surface area contributed by atoms with E-state index in [-0.39, 0.29) is 5.91 Å². The Morgan fingerprint density at radius 1 is 1.55 bits per heavy atom. The number of hydrogen-bond donors (Lipinski definition) is 1. The van der Waals surface area contributed by atoms with Gasteiger partial charge in [0.15, 0.2) is 0 Å². The minimum atomic E-state index is -0.605. The largest absolute Gasteiger partial charge is 0.338 e. The number of amides is 1. The zero-order valence-corrected chi connectivity index (χ0v) is 12.8. The van der Waals surface area contributed by atoms with E-state index >= 15 is 0 Å². The van der Waals surface area contributed by atoms with Crippen molar-refractivity contribution in [3.63, 3.8) is 0 Å². The fourth-order valence-corrected chi connectivity index (χ4v) is 3.48. The first-order chi connectivity index (χ1) is 9.63. The van der Waals surface area contributed by atoms with Crippen LogP contribution in [-0.2, 0) is 11.2 Å². The molecule has 20 heavy (non-hydrogen) atoms. The monoisotopic (exact) mass is 290 g/mol. The van der Waals surface area contributed by atoms with Crippen molar-refractivity contribution >= 4 is 17.2 Å². The van der Waals surface area contributed by atoms with E-state index < -0.39 is 5.54 Å². The molecule has 0 unspecified atom stereocenters. The van der Waals surface area contributed by atoms with Crippen LogP contribution in [-0.4, -0.2) is 11.4 Å². The van der Waals surface area contributed by atoms with Crippen LogP contribution in [0.25, 0.3) is 0 Å². The summed E-state index contributed by atoms with van der Waals surface area (Å²) in [5.74, 6) is 0.699. The fraction of sp³-hybridized carbons (Fsp3) is 0.625. The maximum absolute atomic E-state index is 12.0. The van der Waals surface area contributed by atoms with Gasteiger partial charge in [-0.3, -0.25) is 4.79 Å². The van der Waals surface area contributed by atoms with Crippen molar-refractivity contribution in [1.29, 1.82) is 5.26 Å². The number of carbonyl (C=O) groups is 1. The Morgan fingerprint density at radius 3 is 2.90 bits per heavy atom. The Bertz CT molecular complexity index is 467. The molecule has 3 nitrogen and oxygen atoms in total.